The monoisotopic (exact) mass is 210 g/mol. The number of ether oxygens (including phenoxy) is 1. The maximum absolute atomic E-state index is 4.88. The molecule has 0 aliphatic carbocycles. The molecule has 0 spiro atoms. The van der Waals surface area contributed by atoms with Crippen LogP contribution in [-0.4, -0.2) is 7.11 Å². The molecule has 0 saturated heterocycles. The van der Waals surface area contributed by atoms with Gasteiger partial charge < -0.3 is 4.74 Å². The summed E-state index contributed by atoms with van der Waals surface area (Å²) in [5.41, 5.74) is 3.61. The molecule has 0 radical (unpaired) electrons. The molecule has 2 aromatic rings. The average molecular weight is 210 g/mol. The summed E-state index contributed by atoms with van der Waals surface area (Å²) in [4.78, 5) is 0. The molecule has 0 fully saturated rings. The first-order chi connectivity index (χ1) is 7.90. The van der Waals surface area contributed by atoms with Gasteiger partial charge >= 0.3 is 0 Å². The Labute approximate surface area is 96.0 Å². The molecule has 0 aromatic heterocycles. The molecule has 0 unspecified atom stereocenters. The smallest absolute Gasteiger partial charge is 0.0830 e. The zero-order valence-electron chi connectivity index (χ0n) is 9.26. The SMILES string of the molecule is COC=Cc1ccc(-c2ccccc2)cc1. The van der Waals surface area contributed by atoms with E-state index >= 15 is 0 Å². The summed E-state index contributed by atoms with van der Waals surface area (Å²) < 4.78 is 4.88. The zero-order valence-corrected chi connectivity index (χ0v) is 9.26. The molecule has 0 aliphatic heterocycles. The van der Waals surface area contributed by atoms with E-state index in [1.54, 1.807) is 13.4 Å². The second-order valence-corrected chi connectivity index (χ2v) is 3.53. The molecule has 0 amide bonds. The summed E-state index contributed by atoms with van der Waals surface area (Å²) in [7, 11) is 1.65. The lowest BCUT2D eigenvalue weighted by Gasteiger charge is -2.01. The number of hydrogen-bond donors (Lipinski definition) is 0. The Bertz CT molecular complexity index is 455. The summed E-state index contributed by atoms with van der Waals surface area (Å²) in [5, 5.41) is 0. The minimum absolute atomic E-state index is 1.14. The van der Waals surface area contributed by atoms with Crippen LogP contribution in [0.1, 0.15) is 5.56 Å². The Morgan fingerprint density at radius 1 is 0.812 bits per heavy atom. The zero-order chi connectivity index (χ0) is 11.2. The van der Waals surface area contributed by atoms with E-state index < -0.39 is 0 Å². The summed E-state index contributed by atoms with van der Waals surface area (Å²) in [5.74, 6) is 0. The molecule has 0 heterocycles. The van der Waals surface area contributed by atoms with E-state index in [1.807, 2.05) is 24.3 Å². The van der Waals surface area contributed by atoms with Crippen LogP contribution < -0.4 is 0 Å². The maximum atomic E-state index is 4.88. The normalized spacial score (nSPS) is 10.6. The topological polar surface area (TPSA) is 9.23 Å². The van der Waals surface area contributed by atoms with Crippen LogP contribution in [0.15, 0.2) is 60.9 Å². The van der Waals surface area contributed by atoms with Gasteiger partial charge in [-0.15, -0.1) is 0 Å². The Morgan fingerprint density at radius 3 is 2.06 bits per heavy atom. The van der Waals surface area contributed by atoms with Crippen molar-refractivity contribution in [3.8, 4) is 11.1 Å². The van der Waals surface area contributed by atoms with Crippen molar-refractivity contribution in [3.05, 3.63) is 66.4 Å². The summed E-state index contributed by atoms with van der Waals surface area (Å²) in [6.45, 7) is 0. The molecular weight excluding hydrogens is 196 g/mol. The third-order valence-electron chi connectivity index (χ3n) is 2.41. The van der Waals surface area contributed by atoms with Gasteiger partial charge in [0.2, 0.25) is 0 Å². The van der Waals surface area contributed by atoms with E-state index in [9.17, 15) is 0 Å². The molecule has 0 atom stereocenters. The first-order valence-electron chi connectivity index (χ1n) is 5.25. The Morgan fingerprint density at radius 2 is 1.44 bits per heavy atom. The van der Waals surface area contributed by atoms with Crippen molar-refractivity contribution in [1.29, 1.82) is 0 Å². The van der Waals surface area contributed by atoms with Crippen LogP contribution in [0.2, 0.25) is 0 Å². The third-order valence-corrected chi connectivity index (χ3v) is 2.41. The second-order valence-electron chi connectivity index (χ2n) is 3.53. The Kier molecular flexibility index (Phi) is 3.39. The molecule has 2 rings (SSSR count). The van der Waals surface area contributed by atoms with Gasteiger partial charge in [-0.2, -0.15) is 0 Å². The molecular formula is C15H14O. The molecule has 80 valence electrons. The quantitative estimate of drug-likeness (QED) is 0.696. The van der Waals surface area contributed by atoms with Gasteiger partial charge in [-0.05, 0) is 22.8 Å². The van der Waals surface area contributed by atoms with Crippen molar-refractivity contribution in [2.45, 2.75) is 0 Å². The van der Waals surface area contributed by atoms with E-state index in [0.29, 0.717) is 0 Å². The van der Waals surface area contributed by atoms with Crippen molar-refractivity contribution >= 4 is 6.08 Å². The van der Waals surface area contributed by atoms with Gasteiger partial charge in [-0.1, -0.05) is 54.6 Å². The van der Waals surface area contributed by atoms with E-state index in [0.717, 1.165) is 5.56 Å². The molecule has 16 heavy (non-hydrogen) atoms. The average Bonchev–Trinajstić information content (AvgIpc) is 2.38. The van der Waals surface area contributed by atoms with E-state index in [1.165, 1.54) is 11.1 Å². The first kappa shape index (κ1) is 10.5. The van der Waals surface area contributed by atoms with Crippen molar-refractivity contribution in [3.63, 3.8) is 0 Å². The van der Waals surface area contributed by atoms with Gasteiger partial charge in [0, 0.05) is 0 Å². The van der Waals surface area contributed by atoms with E-state index in [2.05, 4.69) is 36.4 Å². The summed E-state index contributed by atoms with van der Waals surface area (Å²) in [6.07, 6.45) is 3.62. The van der Waals surface area contributed by atoms with Crippen LogP contribution >= 0.6 is 0 Å². The fraction of sp³-hybridized carbons (Fsp3) is 0.0667. The minimum Gasteiger partial charge on any atom is -0.504 e. The van der Waals surface area contributed by atoms with Gasteiger partial charge in [-0.3, -0.25) is 0 Å². The van der Waals surface area contributed by atoms with Gasteiger partial charge in [0.15, 0.2) is 0 Å². The van der Waals surface area contributed by atoms with Crippen LogP contribution in [0.25, 0.3) is 17.2 Å². The summed E-state index contributed by atoms with van der Waals surface area (Å²) >= 11 is 0. The second kappa shape index (κ2) is 5.17. The van der Waals surface area contributed by atoms with E-state index in [-0.39, 0.29) is 0 Å². The van der Waals surface area contributed by atoms with Crippen molar-refractivity contribution < 1.29 is 4.74 Å². The maximum Gasteiger partial charge on any atom is 0.0830 e. The lowest BCUT2D eigenvalue weighted by molar-refractivity contribution is 0.341. The predicted molar refractivity (Wildman–Crippen MR) is 67.9 cm³/mol. The third kappa shape index (κ3) is 2.51. The lowest BCUT2D eigenvalue weighted by atomic mass is 10.0. The van der Waals surface area contributed by atoms with Crippen LogP contribution in [0, 0.1) is 0 Å². The largest absolute Gasteiger partial charge is 0.504 e. The standard InChI is InChI=1S/C15H14O/c1-16-12-11-13-7-9-15(10-8-13)14-5-3-2-4-6-14/h2-12H,1H3. The number of methoxy groups -OCH3 is 1. The fourth-order valence-corrected chi connectivity index (χ4v) is 1.56. The fourth-order valence-electron chi connectivity index (χ4n) is 1.56. The number of rotatable bonds is 3. The molecule has 2 aromatic carbocycles. The minimum atomic E-state index is 1.14. The number of hydrogen-bond acceptors (Lipinski definition) is 1. The molecule has 0 saturated carbocycles. The van der Waals surface area contributed by atoms with Crippen LogP contribution in [0.4, 0.5) is 0 Å². The highest BCUT2D eigenvalue weighted by Gasteiger charge is 1.95. The Hall–Kier alpha value is -2.02. The summed E-state index contributed by atoms with van der Waals surface area (Å²) in [6, 6.07) is 18.7. The van der Waals surface area contributed by atoms with Gasteiger partial charge in [0.1, 0.15) is 0 Å². The highest BCUT2D eigenvalue weighted by Crippen LogP contribution is 2.19. The lowest BCUT2D eigenvalue weighted by Crippen LogP contribution is -1.78. The van der Waals surface area contributed by atoms with Crippen molar-refractivity contribution in [2.75, 3.05) is 7.11 Å². The highest BCUT2D eigenvalue weighted by molar-refractivity contribution is 5.65. The molecule has 0 aliphatic rings. The van der Waals surface area contributed by atoms with Gasteiger partial charge in [0.25, 0.3) is 0 Å². The van der Waals surface area contributed by atoms with Crippen LogP contribution in [0.3, 0.4) is 0 Å². The molecule has 0 bridgehead atoms. The van der Waals surface area contributed by atoms with Gasteiger partial charge in [0.05, 0.1) is 13.4 Å². The predicted octanol–water partition coefficient (Wildman–Crippen LogP) is 3.97. The number of benzene rings is 2. The van der Waals surface area contributed by atoms with Gasteiger partial charge in [-0.25, -0.2) is 0 Å². The highest BCUT2D eigenvalue weighted by atomic mass is 16.5. The molecule has 1 heteroatoms. The molecule has 1 nitrogen and oxygen atoms in total. The van der Waals surface area contributed by atoms with E-state index in [4.69, 9.17) is 4.74 Å². The van der Waals surface area contributed by atoms with Crippen LogP contribution in [-0.2, 0) is 4.74 Å². The van der Waals surface area contributed by atoms with Crippen molar-refractivity contribution in [1.82, 2.24) is 0 Å². The molecule has 0 N–H and O–H groups in total. The van der Waals surface area contributed by atoms with Crippen LogP contribution in [0.5, 0.6) is 0 Å². The van der Waals surface area contributed by atoms with Crippen molar-refractivity contribution in [2.24, 2.45) is 0 Å². The first-order valence-corrected chi connectivity index (χ1v) is 5.25. The Balaban J connectivity index is 2.23.